The summed E-state index contributed by atoms with van der Waals surface area (Å²) in [6.45, 7) is 0. The first-order chi connectivity index (χ1) is 4.70. The van der Waals surface area contributed by atoms with E-state index in [9.17, 15) is 13.2 Å². The van der Waals surface area contributed by atoms with Gasteiger partial charge >= 0.3 is 29.6 Å². The van der Waals surface area contributed by atoms with Crippen LogP contribution in [-0.2, 0) is 11.1 Å². The van der Waals surface area contributed by atoms with Crippen molar-refractivity contribution in [2.24, 2.45) is 0 Å². The zero-order valence-electron chi connectivity index (χ0n) is 5.65. The summed E-state index contributed by atoms with van der Waals surface area (Å²) in [7, 11) is 0. The smallest absolute Gasteiger partial charge is 0.767 e. The van der Waals surface area contributed by atoms with E-state index in [-0.39, 0.29) is 34.6 Å². The van der Waals surface area contributed by atoms with Crippen molar-refractivity contribution in [1.29, 1.82) is 0 Å². The maximum absolute atomic E-state index is 12.0. The fraction of sp³-hybridized carbons (Fsp3) is 0. The van der Waals surface area contributed by atoms with E-state index in [4.69, 9.17) is 0 Å². The molecule has 0 fully saturated rings. The van der Waals surface area contributed by atoms with Gasteiger partial charge in [0.25, 0.3) is 0 Å². The molecule has 7 heteroatoms. The van der Waals surface area contributed by atoms with Crippen LogP contribution < -0.4 is 29.6 Å². The van der Waals surface area contributed by atoms with Crippen LogP contribution in [0.1, 0.15) is 0 Å². The maximum atomic E-state index is 12.0. The van der Waals surface area contributed by atoms with Crippen molar-refractivity contribution in [3.63, 3.8) is 0 Å². The Morgan fingerprint density at radius 3 is 2.45 bits per heavy atom. The third-order valence-electron chi connectivity index (χ3n) is 0.778. The summed E-state index contributed by atoms with van der Waals surface area (Å²) in [6, 6.07) is 1.96. The van der Waals surface area contributed by atoms with Gasteiger partial charge in [0, 0.05) is 0 Å². The molecule has 0 N–H and O–H groups in total. The van der Waals surface area contributed by atoms with E-state index in [2.05, 4.69) is 10.2 Å². The maximum Gasteiger partial charge on any atom is 1.00 e. The molecule has 0 aliphatic carbocycles. The first-order valence-corrected chi connectivity index (χ1v) is 3.36. The Morgan fingerprint density at radius 2 is 2.09 bits per heavy atom. The molecule has 0 aliphatic heterocycles. The Hall–Kier alpha value is 0.120. The Kier molecular flexibility index (Phi) is 4.94. The summed E-state index contributed by atoms with van der Waals surface area (Å²) in [5.74, 6) is -0.797. The number of hydrogen-bond acceptors (Lipinski definition) is 4. The molecule has 1 atom stereocenters. The molecular weight excluding hydrogens is 182 g/mol. The second-order valence-corrected chi connectivity index (χ2v) is 2.32. The van der Waals surface area contributed by atoms with Gasteiger partial charge in [0.1, 0.15) is 5.03 Å². The molecule has 1 heterocycles. The average molecular weight is 184 g/mol. The quantitative estimate of drug-likeness (QED) is 0.341. The molecule has 1 aromatic heterocycles. The molecule has 0 aromatic carbocycles. The van der Waals surface area contributed by atoms with Gasteiger partial charge in [-0.25, -0.2) is 0 Å². The molecule has 0 radical (unpaired) electrons. The van der Waals surface area contributed by atoms with Crippen molar-refractivity contribution in [3.05, 3.63) is 18.1 Å². The van der Waals surface area contributed by atoms with Crippen molar-refractivity contribution in [3.8, 4) is 0 Å². The van der Waals surface area contributed by atoms with E-state index in [1.165, 1.54) is 0 Å². The Labute approximate surface area is 86.8 Å². The van der Waals surface area contributed by atoms with Crippen LogP contribution in [0.3, 0.4) is 0 Å². The summed E-state index contributed by atoms with van der Waals surface area (Å²) in [5.41, 5.74) is 0. The fourth-order valence-electron chi connectivity index (χ4n) is 0.393. The van der Waals surface area contributed by atoms with Crippen LogP contribution in [0.4, 0.5) is 4.39 Å². The van der Waals surface area contributed by atoms with E-state index in [1.807, 2.05) is 0 Å². The Bertz CT molecular complexity index is 255. The summed E-state index contributed by atoms with van der Waals surface area (Å²) < 4.78 is 32.2. The number of halogens is 1. The molecule has 0 saturated heterocycles. The predicted molar refractivity (Wildman–Crippen MR) is 29.2 cm³/mol. The van der Waals surface area contributed by atoms with Gasteiger partial charge < -0.3 is 4.55 Å². The van der Waals surface area contributed by atoms with Gasteiger partial charge in [0.05, 0.1) is 0 Å². The molecule has 0 spiro atoms. The average Bonchev–Trinajstić information content (AvgIpc) is 1.88. The van der Waals surface area contributed by atoms with Gasteiger partial charge in [-0.05, 0) is 23.2 Å². The predicted octanol–water partition coefficient (Wildman–Crippen LogP) is -3.14. The van der Waals surface area contributed by atoms with Gasteiger partial charge in [-0.15, -0.1) is 10.2 Å². The van der Waals surface area contributed by atoms with E-state index in [0.717, 1.165) is 12.1 Å². The van der Waals surface area contributed by atoms with Crippen molar-refractivity contribution < 1.29 is 42.7 Å². The summed E-state index contributed by atoms with van der Waals surface area (Å²) in [6.07, 6.45) is 0. The molecule has 1 aromatic rings. The largest absolute Gasteiger partial charge is 1.00 e. The van der Waals surface area contributed by atoms with Gasteiger partial charge in [-0.3, -0.25) is 4.21 Å². The van der Waals surface area contributed by atoms with Gasteiger partial charge in [-0.1, -0.05) is 0 Å². The molecule has 1 rings (SSSR count). The molecule has 4 nitrogen and oxygen atoms in total. The number of rotatable bonds is 1. The monoisotopic (exact) mass is 184 g/mol. The second kappa shape index (κ2) is 4.89. The first-order valence-electron chi connectivity index (χ1n) is 2.28. The van der Waals surface area contributed by atoms with Crippen LogP contribution in [0.2, 0.25) is 0 Å². The molecule has 54 valence electrons. The fourth-order valence-corrected chi connectivity index (χ4v) is 0.679. The summed E-state index contributed by atoms with van der Waals surface area (Å²) >= 11 is -2.43. The van der Waals surface area contributed by atoms with E-state index >= 15 is 0 Å². The summed E-state index contributed by atoms with van der Waals surface area (Å²) in [5, 5.41) is 5.67. The van der Waals surface area contributed by atoms with Gasteiger partial charge in [0.2, 0.25) is 5.95 Å². The second-order valence-electron chi connectivity index (χ2n) is 1.43. The molecule has 1 unspecified atom stereocenters. The Balaban J connectivity index is 0.000001000. The molecule has 0 amide bonds. The number of nitrogens with zero attached hydrogens (tertiary/aromatic N) is 2. The first kappa shape index (κ1) is 11.1. The minimum Gasteiger partial charge on any atom is -0.767 e. The zero-order chi connectivity index (χ0) is 7.56. The van der Waals surface area contributed by atoms with E-state index < -0.39 is 17.0 Å². The number of aromatic nitrogens is 2. The van der Waals surface area contributed by atoms with Crippen molar-refractivity contribution in [1.82, 2.24) is 10.2 Å². The standard InChI is InChI=1S/C4H3FN2O2S.Na/c5-3-1-2-4(7-6-3)10(8)9;/h1-2H,(H,8,9);/q;+1/p-1. The van der Waals surface area contributed by atoms with E-state index in [1.54, 1.807) is 0 Å². The summed E-state index contributed by atoms with van der Waals surface area (Å²) in [4.78, 5) is 0. The van der Waals surface area contributed by atoms with Crippen molar-refractivity contribution in [2.75, 3.05) is 0 Å². The molecule has 0 bridgehead atoms. The van der Waals surface area contributed by atoms with Crippen LogP contribution >= 0.6 is 0 Å². The van der Waals surface area contributed by atoms with Crippen LogP contribution in [-0.4, -0.2) is 19.0 Å². The topological polar surface area (TPSA) is 65.9 Å². The van der Waals surface area contributed by atoms with Gasteiger partial charge in [-0.2, -0.15) is 4.39 Å². The molecule has 11 heavy (non-hydrogen) atoms. The van der Waals surface area contributed by atoms with Crippen molar-refractivity contribution in [2.45, 2.75) is 5.03 Å². The minimum absolute atomic E-state index is 0. The third-order valence-corrected chi connectivity index (χ3v) is 1.34. The normalized spacial score (nSPS) is 11.8. The van der Waals surface area contributed by atoms with Crippen LogP contribution in [0.15, 0.2) is 17.2 Å². The SMILES string of the molecule is O=S([O-])c1ccc(F)nn1.[Na+]. The Morgan fingerprint density at radius 1 is 1.45 bits per heavy atom. The van der Waals surface area contributed by atoms with Crippen LogP contribution in [0.5, 0.6) is 0 Å². The van der Waals surface area contributed by atoms with E-state index in [0.29, 0.717) is 0 Å². The third kappa shape index (κ3) is 3.35. The van der Waals surface area contributed by atoms with Crippen molar-refractivity contribution >= 4 is 11.1 Å². The molecule has 0 aliphatic rings. The van der Waals surface area contributed by atoms with Gasteiger partial charge in [0.15, 0.2) is 0 Å². The molecular formula is C4H2FN2NaO2S. The minimum atomic E-state index is -2.43. The molecule has 0 saturated carbocycles. The van der Waals surface area contributed by atoms with Crippen LogP contribution in [0.25, 0.3) is 0 Å². The number of hydrogen-bond donors (Lipinski definition) is 0. The van der Waals surface area contributed by atoms with Crippen LogP contribution in [0, 0.1) is 5.95 Å². The zero-order valence-corrected chi connectivity index (χ0v) is 8.47.